The van der Waals surface area contributed by atoms with Gasteiger partial charge in [0.1, 0.15) is 5.82 Å². The Labute approximate surface area is 111 Å². The zero-order valence-corrected chi connectivity index (χ0v) is 10.8. The summed E-state index contributed by atoms with van der Waals surface area (Å²) < 4.78 is 0. The van der Waals surface area contributed by atoms with Crippen LogP contribution in [0.25, 0.3) is 0 Å². The maximum absolute atomic E-state index is 11.9. The first-order valence-corrected chi connectivity index (χ1v) is 5.74. The topological polar surface area (TPSA) is 84.1 Å². The molecule has 0 aliphatic heterocycles. The minimum Gasteiger partial charge on any atom is -0.382 e. The molecule has 19 heavy (non-hydrogen) atoms. The van der Waals surface area contributed by atoms with E-state index in [0.717, 1.165) is 5.69 Å². The van der Waals surface area contributed by atoms with E-state index in [-0.39, 0.29) is 17.4 Å². The predicted molar refractivity (Wildman–Crippen MR) is 75.2 cm³/mol. The number of rotatable bonds is 3. The molecule has 6 heteroatoms. The van der Waals surface area contributed by atoms with Gasteiger partial charge in [-0.1, -0.05) is 0 Å². The number of nitrogens with two attached hydrogens (primary N) is 1. The van der Waals surface area contributed by atoms with Crippen molar-refractivity contribution in [2.24, 2.45) is 0 Å². The van der Waals surface area contributed by atoms with Crippen molar-refractivity contribution in [3.05, 3.63) is 42.1 Å². The van der Waals surface area contributed by atoms with Gasteiger partial charge in [0.05, 0.1) is 0 Å². The lowest BCUT2D eigenvalue weighted by molar-refractivity contribution is 0.102. The Morgan fingerprint density at radius 2 is 1.79 bits per heavy atom. The molecule has 1 aromatic carbocycles. The molecule has 0 spiro atoms. The minimum atomic E-state index is -0.315. The molecule has 0 aliphatic carbocycles. The van der Waals surface area contributed by atoms with Crippen LogP contribution in [0.5, 0.6) is 0 Å². The number of hydrogen-bond donors (Lipinski definition) is 2. The van der Waals surface area contributed by atoms with Gasteiger partial charge in [0.15, 0.2) is 5.69 Å². The third kappa shape index (κ3) is 3.19. The first kappa shape index (κ1) is 12.8. The number of nitrogen functional groups attached to an aromatic ring is 1. The summed E-state index contributed by atoms with van der Waals surface area (Å²) in [6, 6.07) is 10.6. The van der Waals surface area contributed by atoms with Crippen molar-refractivity contribution >= 4 is 23.1 Å². The smallest absolute Gasteiger partial charge is 0.276 e. The third-order valence-corrected chi connectivity index (χ3v) is 2.56. The molecular weight excluding hydrogens is 242 g/mol. The van der Waals surface area contributed by atoms with E-state index in [2.05, 4.69) is 15.5 Å². The fraction of sp³-hybridized carbons (Fsp3) is 0.154. The molecule has 0 unspecified atom stereocenters. The monoisotopic (exact) mass is 257 g/mol. The second-order valence-corrected chi connectivity index (χ2v) is 4.24. The van der Waals surface area contributed by atoms with Gasteiger partial charge >= 0.3 is 0 Å². The quantitative estimate of drug-likeness (QED) is 0.867. The van der Waals surface area contributed by atoms with Crippen molar-refractivity contribution in [3.8, 4) is 0 Å². The number of aromatic nitrogens is 2. The molecule has 0 bridgehead atoms. The average molecular weight is 257 g/mol. The van der Waals surface area contributed by atoms with Gasteiger partial charge in [0.25, 0.3) is 5.91 Å². The molecule has 0 radical (unpaired) electrons. The van der Waals surface area contributed by atoms with Gasteiger partial charge in [0.2, 0.25) is 0 Å². The van der Waals surface area contributed by atoms with Crippen LogP contribution in [0.1, 0.15) is 10.5 Å². The van der Waals surface area contributed by atoms with Crippen LogP contribution in [0.2, 0.25) is 0 Å². The summed E-state index contributed by atoms with van der Waals surface area (Å²) in [5.41, 5.74) is 7.41. The van der Waals surface area contributed by atoms with Crippen molar-refractivity contribution in [2.75, 3.05) is 30.0 Å². The molecule has 1 heterocycles. The van der Waals surface area contributed by atoms with Gasteiger partial charge in [-0.2, -0.15) is 0 Å². The molecule has 1 amide bonds. The molecule has 0 fully saturated rings. The largest absolute Gasteiger partial charge is 0.382 e. The van der Waals surface area contributed by atoms with Crippen molar-refractivity contribution in [2.45, 2.75) is 0 Å². The van der Waals surface area contributed by atoms with E-state index in [0.29, 0.717) is 5.69 Å². The fourth-order valence-electron chi connectivity index (χ4n) is 1.50. The second kappa shape index (κ2) is 5.34. The summed E-state index contributed by atoms with van der Waals surface area (Å²) in [4.78, 5) is 13.9. The van der Waals surface area contributed by atoms with Crippen LogP contribution in [0.3, 0.4) is 0 Å². The van der Waals surface area contributed by atoms with Gasteiger partial charge < -0.3 is 16.0 Å². The lowest BCUT2D eigenvalue weighted by Gasteiger charge is -2.12. The summed E-state index contributed by atoms with van der Waals surface area (Å²) >= 11 is 0. The lowest BCUT2D eigenvalue weighted by atomic mass is 10.2. The molecule has 0 aliphatic rings. The zero-order valence-electron chi connectivity index (χ0n) is 10.8. The molecule has 2 rings (SSSR count). The Kier molecular flexibility index (Phi) is 3.61. The number of anilines is 3. The van der Waals surface area contributed by atoms with E-state index in [1.54, 1.807) is 0 Å². The van der Waals surface area contributed by atoms with E-state index in [4.69, 9.17) is 5.73 Å². The maximum atomic E-state index is 11.9. The molecule has 1 aromatic heterocycles. The number of hydrogen-bond acceptors (Lipinski definition) is 5. The number of nitrogens with zero attached hydrogens (tertiary/aromatic N) is 3. The highest BCUT2D eigenvalue weighted by molar-refractivity contribution is 6.02. The van der Waals surface area contributed by atoms with Crippen molar-refractivity contribution in [3.63, 3.8) is 0 Å². The molecule has 0 atom stereocenters. The molecule has 0 saturated carbocycles. The summed E-state index contributed by atoms with van der Waals surface area (Å²) in [6.07, 6.45) is 0. The summed E-state index contributed by atoms with van der Waals surface area (Å²) in [7, 11) is 3.91. The van der Waals surface area contributed by atoms with E-state index >= 15 is 0 Å². The van der Waals surface area contributed by atoms with E-state index in [9.17, 15) is 4.79 Å². The second-order valence-electron chi connectivity index (χ2n) is 4.24. The number of carbonyl (C=O) groups excluding carboxylic acids is 1. The highest BCUT2D eigenvalue weighted by Crippen LogP contribution is 2.16. The van der Waals surface area contributed by atoms with Gasteiger partial charge in [0, 0.05) is 25.5 Å². The first-order chi connectivity index (χ1) is 9.06. The maximum Gasteiger partial charge on any atom is 0.276 e. The summed E-state index contributed by atoms with van der Waals surface area (Å²) in [5.74, 6) is -0.0306. The van der Waals surface area contributed by atoms with Crippen molar-refractivity contribution < 1.29 is 4.79 Å². The van der Waals surface area contributed by atoms with Gasteiger partial charge in [-0.25, -0.2) is 0 Å². The molecular formula is C13H15N5O. The molecule has 98 valence electrons. The lowest BCUT2D eigenvalue weighted by Crippen LogP contribution is -2.15. The normalized spacial score (nSPS) is 10.0. The van der Waals surface area contributed by atoms with Gasteiger partial charge in [-0.05, 0) is 36.4 Å². The standard InChI is InChI=1S/C13H15N5O/c1-18(2)10-5-3-9(4-6-10)15-13(19)11-7-8-12(14)17-16-11/h3-8H,1-2H3,(H2,14,17)(H,15,19). The number of amides is 1. The Hall–Kier alpha value is -2.63. The first-order valence-electron chi connectivity index (χ1n) is 5.74. The highest BCUT2D eigenvalue weighted by atomic mass is 16.1. The van der Waals surface area contributed by atoms with Gasteiger partial charge in [-0.15, -0.1) is 10.2 Å². The zero-order chi connectivity index (χ0) is 13.8. The Balaban J connectivity index is 2.08. The Bertz CT molecular complexity index is 563. The minimum absolute atomic E-state index is 0.228. The van der Waals surface area contributed by atoms with Crippen LogP contribution in [0, 0.1) is 0 Å². The summed E-state index contributed by atoms with van der Waals surface area (Å²) in [5, 5.41) is 10.1. The van der Waals surface area contributed by atoms with Crippen LogP contribution in [-0.2, 0) is 0 Å². The fourth-order valence-corrected chi connectivity index (χ4v) is 1.50. The highest BCUT2D eigenvalue weighted by Gasteiger charge is 2.08. The molecule has 6 nitrogen and oxygen atoms in total. The van der Waals surface area contributed by atoms with Crippen LogP contribution >= 0.6 is 0 Å². The summed E-state index contributed by atoms with van der Waals surface area (Å²) in [6.45, 7) is 0. The SMILES string of the molecule is CN(C)c1ccc(NC(=O)c2ccc(N)nn2)cc1. The molecule has 2 aromatic rings. The van der Waals surface area contributed by atoms with E-state index in [1.165, 1.54) is 12.1 Å². The van der Waals surface area contributed by atoms with Crippen LogP contribution in [-0.4, -0.2) is 30.2 Å². The van der Waals surface area contributed by atoms with Crippen LogP contribution in [0.15, 0.2) is 36.4 Å². The Morgan fingerprint density at radius 1 is 1.11 bits per heavy atom. The molecule has 3 N–H and O–H groups in total. The third-order valence-electron chi connectivity index (χ3n) is 2.56. The van der Waals surface area contributed by atoms with Crippen molar-refractivity contribution in [1.29, 1.82) is 0 Å². The van der Waals surface area contributed by atoms with E-state index < -0.39 is 0 Å². The van der Waals surface area contributed by atoms with Crippen LogP contribution < -0.4 is 16.0 Å². The van der Waals surface area contributed by atoms with Crippen LogP contribution in [0.4, 0.5) is 17.2 Å². The van der Waals surface area contributed by atoms with Crippen molar-refractivity contribution in [1.82, 2.24) is 10.2 Å². The number of benzene rings is 1. The predicted octanol–water partition coefficient (Wildman–Crippen LogP) is 1.38. The number of carbonyl (C=O) groups is 1. The number of nitrogens with one attached hydrogen (secondary N) is 1. The molecule has 0 saturated heterocycles. The van der Waals surface area contributed by atoms with Gasteiger partial charge in [-0.3, -0.25) is 4.79 Å². The Morgan fingerprint density at radius 3 is 2.32 bits per heavy atom. The average Bonchev–Trinajstić information content (AvgIpc) is 2.40. The van der Waals surface area contributed by atoms with E-state index in [1.807, 2.05) is 43.3 Å².